The molecule has 0 aliphatic rings. The summed E-state index contributed by atoms with van der Waals surface area (Å²) >= 11 is 5.75. The van der Waals surface area contributed by atoms with Gasteiger partial charge >= 0.3 is 5.69 Å². The molecule has 3 aromatic rings. The lowest BCUT2D eigenvalue weighted by atomic mass is 10.3. The van der Waals surface area contributed by atoms with Gasteiger partial charge in [-0.1, -0.05) is 11.6 Å². The fourth-order valence-corrected chi connectivity index (χ4v) is 2.61. The first-order valence-electron chi connectivity index (χ1n) is 8.02. The van der Waals surface area contributed by atoms with Crippen molar-refractivity contribution in [1.29, 1.82) is 0 Å². The van der Waals surface area contributed by atoms with E-state index in [0.717, 1.165) is 6.07 Å². The number of anilines is 1. The molecule has 0 spiro atoms. The number of ether oxygens (including phenoxy) is 1. The average Bonchev–Trinajstić information content (AvgIpc) is 3.01. The van der Waals surface area contributed by atoms with E-state index in [0.29, 0.717) is 17.2 Å². The number of nitro benzene ring substituents is 1. The number of hydrogen-bond acceptors (Lipinski definition) is 5. The highest BCUT2D eigenvalue weighted by Crippen LogP contribution is 2.29. The number of aryl methyl sites for hydroxylation is 1. The number of halogens is 2. The van der Waals surface area contributed by atoms with Crippen LogP contribution in [-0.2, 0) is 4.79 Å². The molecule has 1 N–H and O–H groups in total. The largest absolute Gasteiger partial charge is 0.477 e. The average molecular weight is 405 g/mol. The molecule has 0 radical (unpaired) electrons. The molecular formula is C18H14ClFN4O4. The molecule has 0 aliphatic heterocycles. The lowest BCUT2D eigenvalue weighted by Crippen LogP contribution is -2.22. The number of carbonyl (C=O) groups excluding carboxylic acids is 1. The van der Waals surface area contributed by atoms with Gasteiger partial charge < -0.3 is 10.1 Å². The van der Waals surface area contributed by atoms with Crippen molar-refractivity contribution in [2.75, 3.05) is 11.9 Å². The molecule has 1 aromatic heterocycles. The molecule has 0 unspecified atom stereocenters. The van der Waals surface area contributed by atoms with E-state index in [1.165, 1.54) is 41.1 Å². The van der Waals surface area contributed by atoms with Gasteiger partial charge in [-0.2, -0.15) is 5.10 Å². The summed E-state index contributed by atoms with van der Waals surface area (Å²) in [5, 5.41) is 18.1. The predicted octanol–water partition coefficient (Wildman–Crippen LogP) is 3.90. The number of nitrogens with one attached hydrogen (secondary N) is 1. The maximum absolute atomic E-state index is 13.1. The Morgan fingerprint density at radius 1 is 1.29 bits per heavy atom. The topological polar surface area (TPSA) is 99.3 Å². The molecule has 28 heavy (non-hydrogen) atoms. The van der Waals surface area contributed by atoms with Crippen LogP contribution in [0.15, 0.2) is 48.5 Å². The first-order valence-corrected chi connectivity index (χ1v) is 8.40. The van der Waals surface area contributed by atoms with Gasteiger partial charge in [-0.15, -0.1) is 0 Å². The molecule has 10 heteroatoms. The third-order valence-electron chi connectivity index (χ3n) is 3.65. The Morgan fingerprint density at radius 3 is 2.68 bits per heavy atom. The van der Waals surface area contributed by atoms with Crippen molar-refractivity contribution in [3.63, 3.8) is 0 Å². The van der Waals surface area contributed by atoms with Crippen LogP contribution in [0.3, 0.4) is 0 Å². The third kappa shape index (κ3) is 4.44. The zero-order valence-corrected chi connectivity index (χ0v) is 15.3. The molecule has 0 saturated heterocycles. The number of aromatic nitrogens is 2. The summed E-state index contributed by atoms with van der Waals surface area (Å²) in [6.45, 7) is 1.28. The summed E-state index contributed by atoms with van der Waals surface area (Å²) in [5.41, 5.74) is 0.848. The molecule has 0 aliphatic carbocycles. The molecule has 3 rings (SSSR count). The van der Waals surface area contributed by atoms with E-state index in [4.69, 9.17) is 16.3 Å². The zero-order valence-electron chi connectivity index (χ0n) is 14.6. The van der Waals surface area contributed by atoms with Crippen molar-refractivity contribution < 1.29 is 18.8 Å². The number of benzene rings is 2. The predicted molar refractivity (Wildman–Crippen MR) is 100 cm³/mol. The van der Waals surface area contributed by atoms with Gasteiger partial charge in [0.2, 0.25) is 0 Å². The van der Waals surface area contributed by atoms with E-state index in [9.17, 15) is 19.3 Å². The first kappa shape index (κ1) is 19.3. The van der Waals surface area contributed by atoms with Gasteiger partial charge in [0.25, 0.3) is 5.91 Å². The van der Waals surface area contributed by atoms with E-state index in [1.807, 2.05) is 0 Å². The summed E-state index contributed by atoms with van der Waals surface area (Å²) in [4.78, 5) is 22.7. The van der Waals surface area contributed by atoms with Crippen LogP contribution in [0.4, 0.5) is 15.9 Å². The van der Waals surface area contributed by atoms with Crippen LogP contribution in [0, 0.1) is 22.9 Å². The highest BCUT2D eigenvalue weighted by atomic mass is 35.5. The lowest BCUT2D eigenvalue weighted by molar-refractivity contribution is -0.385. The van der Waals surface area contributed by atoms with Crippen LogP contribution in [0.5, 0.6) is 5.75 Å². The van der Waals surface area contributed by atoms with Gasteiger partial charge in [-0.3, -0.25) is 14.9 Å². The normalized spacial score (nSPS) is 10.5. The van der Waals surface area contributed by atoms with E-state index in [1.54, 1.807) is 13.0 Å². The summed E-state index contributed by atoms with van der Waals surface area (Å²) in [5.74, 6) is -0.667. The molecule has 0 saturated carbocycles. The fraction of sp³-hybridized carbons (Fsp3) is 0.111. The molecule has 8 nitrogen and oxygen atoms in total. The van der Waals surface area contributed by atoms with Crippen LogP contribution in [0.1, 0.15) is 5.69 Å². The monoisotopic (exact) mass is 404 g/mol. The number of nitrogens with zero attached hydrogens (tertiary/aromatic N) is 3. The second-order valence-electron chi connectivity index (χ2n) is 5.77. The Morgan fingerprint density at radius 2 is 2.00 bits per heavy atom. The highest BCUT2D eigenvalue weighted by molar-refractivity contribution is 6.30. The number of rotatable bonds is 6. The maximum atomic E-state index is 13.1. The fourth-order valence-electron chi connectivity index (χ4n) is 2.45. The molecule has 144 valence electrons. The van der Waals surface area contributed by atoms with Crippen LogP contribution in [0.2, 0.25) is 5.02 Å². The number of amides is 1. The molecule has 0 atom stereocenters. The highest BCUT2D eigenvalue weighted by Gasteiger charge is 2.18. The summed E-state index contributed by atoms with van der Waals surface area (Å²) in [6.07, 6.45) is 0. The van der Waals surface area contributed by atoms with Crippen LogP contribution in [0.25, 0.3) is 5.69 Å². The van der Waals surface area contributed by atoms with Crippen molar-refractivity contribution in [1.82, 2.24) is 9.78 Å². The standard InChI is InChI=1S/C18H14ClFN4O4/c1-11-8-17(23(22-11)14-5-3-13(20)4-6-14)21-18(25)10-28-16-7-2-12(19)9-15(16)24(26)27/h2-9H,10H2,1H3,(H,21,25). The van der Waals surface area contributed by atoms with Crippen molar-refractivity contribution >= 4 is 29.0 Å². The molecule has 1 heterocycles. The van der Waals surface area contributed by atoms with Crippen molar-refractivity contribution in [2.45, 2.75) is 6.92 Å². The zero-order chi connectivity index (χ0) is 20.3. The lowest BCUT2D eigenvalue weighted by Gasteiger charge is -2.10. The minimum Gasteiger partial charge on any atom is -0.477 e. The second-order valence-corrected chi connectivity index (χ2v) is 6.20. The Balaban J connectivity index is 1.73. The maximum Gasteiger partial charge on any atom is 0.312 e. The van der Waals surface area contributed by atoms with E-state index in [-0.39, 0.29) is 16.5 Å². The molecule has 2 aromatic carbocycles. The van der Waals surface area contributed by atoms with Gasteiger partial charge in [-0.05, 0) is 43.3 Å². The Labute approximate surface area is 163 Å². The van der Waals surface area contributed by atoms with Crippen LogP contribution in [-0.4, -0.2) is 27.2 Å². The second kappa shape index (κ2) is 8.05. The third-order valence-corrected chi connectivity index (χ3v) is 3.88. The van der Waals surface area contributed by atoms with Crippen LogP contribution < -0.4 is 10.1 Å². The van der Waals surface area contributed by atoms with Gasteiger partial charge in [0.15, 0.2) is 12.4 Å². The quantitative estimate of drug-likeness (QED) is 0.496. The van der Waals surface area contributed by atoms with Crippen molar-refractivity contribution in [3.05, 3.63) is 75.2 Å². The van der Waals surface area contributed by atoms with Gasteiger partial charge in [0, 0.05) is 17.2 Å². The van der Waals surface area contributed by atoms with Crippen molar-refractivity contribution in [2.24, 2.45) is 0 Å². The molecular weight excluding hydrogens is 391 g/mol. The number of hydrogen-bond donors (Lipinski definition) is 1. The van der Waals surface area contributed by atoms with Gasteiger partial charge in [0.1, 0.15) is 11.6 Å². The Bertz CT molecular complexity index is 1040. The molecule has 1 amide bonds. The number of carbonyl (C=O) groups is 1. The van der Waals surface area contributed by atoms with Crippen LogP contribution >= 0.6 is 11.6 Å². The Hall–Kier alpha value is -3.46. The van der Waals surface area contributed by atoms with E-state index < -0.39 is 23.3 Å². The Kier molecular flexibility index (Phi) is 5.55. The SMILES string of the molecule is Cc1cc(NC(=O)COc2ccc(Cl)cc2[N+](=O)[O-])n(-c2ccc(F)cc2)n1. The summed E-state index contributed by atoms with van der Waals surface area (Å²) in [7, 11) is 0. The number of nitro groups is 1. The minimum absolute atomic E-state index is 0.0761. The molecule has 0 fully saturated rings. The smallest absolute Gasteiger partial charge is 0.312 e. The van der Waals surface area contributed by atoms with Gasteiger partial charge in [-0.25, -0.2) is 9.07 Å². The molecule has 0 bridgehead atoms. The minimum atomic E-state index is -0.647. The van der Waals surface area contributed by atoms with Gasteiger partial charge in [0.05, 0.1) is 16.3 Å². The summed E-state index contributed by atoms with van der Waals surface area (Å²) in [6, 6.07) is 11.1. The van der Waals surface area contributed by atoms with Crippen molar-refractivity contribution in [3.8, 4) is 11.4 Å². The summed E-state index contributed by atoms with van der Waals surface area (Å²) < 4.78 is 19.8. The first-order chi connectivity index (χ1) is 13.3. The van der Waals surface area contributed by atoms with E-state index in [2.05, 4.69) is 10.4 Å². The van der Waals surface area contributed by atoms with E-state index >= 15 is 0 Å².